The highest BCUT2D eigenvalue weighted by Gasteiger charge is 2.11. The van der Waals surface area contributed by atoms with Crippen LogP contribution in [0.5, 0.6) is 5.75 Å². The van der Waals surface area contributed by atoms with Gasteiger partial charge in [0.15, 0.2) is 0 Å². The van der Waals surface area contributed by atoms with E-state index in [4.69, 9.17) is 11.6 Å². The Morgan fingerprint density at radius 1 is 1.35 bits per heavy atom. The lowest BCUT2D eigenvalue weighted by Gasteiger charge is -2.06. The summed E-state index contributed by atoms with van der Waals surface area (Å²) in [6, 6.07) is 12.1. The molecule has 0 fully saturated rings. The minimum atomic E-state index is -0.517. The second-order valence-corrected chi connectivity index (χ2v) is 6.08. The average molecular weight is 392 g/mol. The molecule has 2 N–H and O–H groups in total. The van der Waals surface area contributed by atoms with Crippen LogP contribution in [0.25, 0.3) is 6.08 Å². The first-order valence-corrected chi connectivity index (χ1v) is 7.75. The molecule has 2 rings (SSSR count). The van der Waals surface area contributed by atoms with Crippen molar-refractivity contribution < 1.29 is 9.90 Å². The van der Waals surface area contributed by atoms with Crippen LogP contribution in [0.2, 0.25) is 5.02 Å². The fourth-order valence-corrected chi connectivity index (χ4v) is 2.64. The number of anilines is 1. The quantitative estimate of drug-likeness (QED) is 0.590. The van der Waals surface area contributed by atoms with Gasteiger partial charge in [0, 0.05) is 5.69 Å². The Morgan fingerprint density at radius 2 is 2.00 bits per heavy atom. The van der Waals surface area contributed by atoms with Gasteiger partial charge in [-0.15, -0.1) is 0 Å². The minimum absolute atomic E-state index is 0.0702. The molecule has 0 saturated carbocycles. The molecule has 6 heteroatoms. The zero-order chi connectivity index (χ0) is 17.0. The van der Waals surface area contributed by atoms with Crippen LogP contribution < -0.4 is 5.32 Å². The second kappa shape index (κ2) is 7.32. The number of aryl methyl sites for hydroxylation is 1. The number of rotatable bonds is 3. The number of nitrogens with one attached hydrogen (secondary N) is 1. The molecule has 0 aliphatic heterocycles. The standard InChI is InChI=1S/C17H12BrClN2O2/c1-10-2-4-13(5-3-10)21-17(23)12(9-20)6-11-7-14(18)16(22)15(19)8-11/h2-8,22H,1H3,(H,21,23). The van der Waals surface area contributed by atoms with Crippen LogP contribution in [0, 0.1) is 18.3 Å². The highest BCUT2D eigenvalue weighted by molar-refractivity contribution is 9.10. The van der Waals surface area contributed by atoms with E-state index in [1.54, 1.807) is 18.2 Å². The number of carbonyl (C=O) groups excluding carboxylic acids is 1. The van der Waals surface area contributed by atoms with Crippen LogP contribution in [0.4, 0.5) is 5.69 Å². The maximum atomic E-state index is 12.2. The largest absolute Gasteiger partial charge is 0.505 e. The first-order valence-electron chi connectivity index (χ1n) is 6.58. The number of aromatic hydroxyl groups is 1. The summed E-state index contributed by atoms with van der Waals surface area (Å²) < 4.78 is 0.382. The summed E-state index contributed by atoms with van der Waals surface area (Å²) in [4.78, 5) is 12.2. The van der Waals surface area contributed by atoms with Gasteiger partial charge in [0.2, 0.25) is 0 Å². The normalized spacial score (nSPS) is 11.0. The minimum Gasteiger partial charge on any atom is -0.505 e. The molecule has 0 saturated heterocycles. The van der Waals surface area contributed by atoms with Gasteiger partial charge in [0.1, 0.15) is 17.4 Å². The molecule has 0 atom stereocenters. The van der Waals surface area contributed by atoms with Crippen molar-refractivity contribution in [2.45, 2.75) is 6.92 Å². The van der Waals surface area contributed by atoms with Crippen molar-refractivity contribution >= 4 is 45.2 Å². The van der Waals surface area contributed by atoms with E-state index in [2.05, 4.69) is 21.2 Å². The monoisotopic (exact) mass is 390 g/mol. The number of amides is 1. The Morgan fingerprint density at radius 3 is 2.57 bits per heavy atom. The number of carbonyl (C=O) groups is 1. The highest BCUT2D eigenvalue weighted by Crippen LogP contribution is 2.33. The molecule has 2 aromatic carbocycles. The third kappa shape index (κ3) is 4.35. The van der Waals surface area contributed by atoms with Gasteiger partial charge in [-0.1, -0.05) is 29.3 Å². The van der Waals surface area contributed by atoms with E-state index >= 15 is 0 Å². The summed E-state index contributed by atoms with van der Waals surface area (Å²) >= 11 is 9.04. The fraction of sp³-hybridized carbons (Fsp3) is 0.0588. The summed E-state index contributed by atoms with van der Waals surface area (Å²) in [6.45, 7) is 1.94. The molecule has 0 aliphatic carbocycles. The van der Waals surface area contributed by atoms with E-state index in [0.29, 0.717) is 15.7 Å². The Balaban J connectivity index is 2.26. The van der Waals surface area contributed by atoms with Gasteiger partial charge in [-0.3, -0.25) is 4.79 Å². The van der Waals surface area contributed by atoms with Gasteiger partial charge < -0.3 is 10.4 Å². The molecule has 4 nitrogen and oxygen atoms in total. The topological polar surface area (TPSA) is 73.1 Å². The summed E-state index contributed by atoms with van der Waals surface area (Å²) in [7, 11) is 0. The molecule has 0 spiro atoms. The molecule has 2 aromatic rings. The van der Waals surface area contributed by atoms with Crippen LogP contribution in [-0.2, 0) is 4.79 Å². The number of phenols is 1. The second-order valence-electron chi connectivity index (χ2n) is 4.82. The molecule has 0 aliphatic rings. The number of hydrogen-bond donors (Lipinski definition) is 2. The lowest BCUT2D eigenvalue weighted by atomic mass is 10.1. The Hall–Kier alpha value is -2.29. The van der Waals surface area contributed by atoms with Crippen LogP contribution >= 0.6 is 27.5 Å². The molecule has 0 bridgehead atoms. The molecule has 0 aromatic heterocycles. The number of nitrogens with zero attached hydrogens (tertiary/aromatic N) is 1. The van der Waals surface area contributed by atoms with Crippen molar-refractivity contribution in [1.29, 1.82) is 5.26 Å². The van der Waals surface area contributed by atoms with Gasteiger partial charge in [-0.25, -0.2) is 0 Å². The average Bonchev–Trinajstić information content (AvgIpc) is 2.52. The predicted octanol–water partition coefficient (Wildman–Crippen LogP) is 4.66. The molecular weight excluding hydrogens is 380 g/mol. The molecule has 116 valence electrons. The Kier molecular flexibility index (Phi) is 5.43. The van der Waals surface area contributed by atoms with Gasteiger partial charge in [0.05, 0.1) is 9.50 Å². The lowest BCUT2D eigenvalue weighted by molar-refractivity contribution is -0.112. The third-order valence-corrected chi connectivity index (χ3v) is 3.92. The van der Waals surface area contributed by atoms with Crippen molar-refractivity contribution in [2.24, 2.45) is 0 Å². The van der Waals surface area contributed by atoms with Crippen molar-refractivity contribution in [3.8, 4) is 11.8 Å². The molecular formula is C17H12BrClN2O2. The maximum absolute atomic E-state index is 12.2. The van der Waals surface area contributed by atoms with Crippen LogP contribution in [-0.4, -0.2) is 11.0 Å². The highest BCUT2D eigenvalue weighted by atomic mass is 79.9. The van der Waals surface area contributed by atoms with E-state index in [-0.39, 0.29) is 16.3 Å². The predicted molar refractivity (Wildman–Crippen MR) is 94.2 cm³/mol. The van der Waals surface area contributed by atoms with Crippen molar-refractivity contribution in [1.82, 2.24) is 0 Å². The fourth-order valence-electron chi connectivity index (χ4n) is 1.82. The van der Waals surface area contributed by atoms with E-state index in [1.165, 1.54) is 12.1 Å². The van der Waals surface area contributed by atoms with Gasteiger partial charge in [0.25, 0.3) is 5.91 Å². The lowest BCUT2D eigenvalue weighted by Crippen LogP contribution is -2.13. The van der Waals surface area contributed by atoms with Crippen molar-refractivity contribution in [3.63, 3.8) is 0 Å². The van der Waals surface area contributed by atoms with E-state index < -0.39 is 5.91 Å². The Bertz CT molecular complexity index is 800. The maximum Gasteiger partial charge on any atom is 0.266 e. The first-order chi connectivity index (χ1) is 10.9. The van der Waals surface area contributed by atoms with Crippen LogP contribution in [0.1, 0.15) is 11.1 Å². The molecule has 0 heterocycles. The number of halogens is 2. The molecule has 23 heavy (non-hydrogen) atoms. The molecule has 0 unspecified atom stereocenters. The molecule has 0 radical (unpaired) electrons. The zero-order valence-electron chi connectivity index (χ0n) is 12.1. The number of benzene rings is 2. The van der Waals surface area contributed by atoms with Gasteiger partial charge in [-0.2, -0.15) is 5.26 Å². The number of phenolic OH excluding ortho intramolecular Hbond substituents is 1. The smallest absolute Gasteiger partial charge is 0.266 e. The van der Waals surface area contributed by atoms with Crippen LogP contribution in [0.15, 0.2) is 46.4 Å². The third-order valence-electron chi connectivity index (χ3n) is 3.02. The number of hydrogen-bond acceptors (Lipinski definition) is 3. The van der Waals surface area contributed by atoms with Gasteiger partial charge in [-0.05, 0) is 58.8 Å². The Labute approximate surface area is 147 Å². The van der Waals surface area contributed by atoms with E-state index in [9.17, 15) is 15.2 Å². The van der Waals surface area contributed by atoms with Crippen molar-refractivity contribution in [2.75, 3.05) is 5.32 Å². The molecule has 1 amide bonds. The SMILES string of the molecule is Cc1ccc(NC(=O)C(C#N)=Cc2cc(Cl)c(O)c(Br)c2)cc1. The first kappa shape index (κ1) is 17.1. The summed E-state index contributed by atoms with van der Waals surface area (Å²) in [5.74, 6) is -0.608. The van der Waals surface area contributed by atoms with Gasteiger partial charge >= 0.3 is 0 Å². The van der Waals surface area contributed by atoms with E-state index in [0.717, 1.165) is 5.56 Å². The summed E-state index contributed by atoms with van der Waals surface area (Å²) in [6.07, 6.45) is 1.40. The van der Waals surface area contributed by atoms with E-state index in [1.807, 2.05) is 25.1 Å². The van der Waals surface area contributed by atoms with Crippen LogP contribution in [0.3, 0.4) is 0 Å². The summed E-state index contributed by atoms with van der Waals surface area (Å²) in [5.41, 5.74) is 2.13. The summed E-state index contributed by atoms with van der Waals surface area (Å²) in [5, 5.41) is 21.6. The number of nitriles is 1. The van der Waals surface area contributed by atoms with Crippen molar-refractivity contribution in [3.05, 3.63) is 62.6 Å². The zero-order valence-corrected chi connectivity index (χ0v) is 14.4.